The van der Waals surface area contributed by atoms with Crippen LogP contribution in [-0.4, -0.2) is 4.57 Å². The SMILES string of the molecule is Cc1cn(Cc2cc(C#N)ccc2F)c(C)c1C. The summed E-state index contributed by atoms with van der Waals surface area (Å²) in [4.78, 5) is 0. The first-order valence-electron chi connectivity index (χ1n) is 5.84. The van der Waals surface area contributed by atoms with Crippen molar-refractivity contribution in [3.05, 3.63) is 58.2 Å². The van der Waals surface area contributed by atoms with Crippen LogP contribution >= 0.6 is 0 Å². The quantitative estimate of drug-likeness (QED) is 0.792. The summed E-state index contributed by atoms with van der Waals surface area (Å²) in [6.45, 7) is 6.58. The Morgan fingerprint density at radius 1 is 1.28 bits per heavy atom. The highest BCUT2D eigenvalue weighted by Gasteiger charge is 2.09. The highest BCUT2D eigenvalue weighted by atomic mass is 19.1. The molecule has 0 saturated carbocycles. The van der Waals surface area contributed by atoms with Gasteiger partial charge in [-0.25, -0.2) is 4.39 Å². The molecule has 2 aromatic rings. The normalized spacial score (nSPS) is 10.4. The van der Waals surface area contributed by atoms with Gasteiger partial charge in [0.15, 0.2) is 0 Å². The summed E-state index contributed by atoms with van der Waals surface area (Å²) in [5, 5.41) is 8.84. The minimum Gasteiger partial charge on any atom is -0.347 e. The molecule has 0 N–H and O–H groups in total. The van der Waals surface area contributed by atoms with E-state index in [0.717, 1.165) is 5.69 Å². The van der Waals surface area contributed by atoms with Crippen molar-refractivity contribution in [1.82, 2.24) is 4.57 Å². The first-order valence-corrected chi connectivity index (χ1v) is 5.84. The lowest BCUT2D eigenvalue weighted by molar-refractivity contribution is 0.597. The van der Waals surface area contributed by atoms with Gasteiger partial charge < -0.3 is 4.57 Å². The number of aromatic nitrogens is 1. The van der Waals surface area contributed by atoms with Crippen LogP contribution < -0.4 is 0 Å². The zero-order chi connectivity index (χ0) is 13.3. The van der Waals surface area contributed by atoms with E-state index in [1.54, 1.807) is 6.07 Å². The van der Waals surface area contributed by atoms with E-state index in [-0.39, 0.29) is 5.82 Å². The third kappa shape index (κ3) is 2.14. The van der Waals surface area contributed by atoms with Gasteiger partial charge in [-0.2, -0.15) is 5.26 Å². The van der Waals surface area contributed by atoms with Gasteiger partial charge in [0.2, 0.25) is 0 Å². The Bertz CT molecular complexity index is 633. The molecule has 0 aliphatic carbocycles. The van der Waals surface area contributed by atoms with E-state index in [1.807, 2.05) is 30.7 Å². The molecule has 2 nitrogen and oxygen atoms in total. The summed E-state index contributed by atoms with van der Waals surface area (Å²) in [7, 11) is 0. The Kier molecular flexibility index (Phi) is 3.20. The Balaban J connectivity index is 2.40. The van der Waals surface area contributed by atoms with Crippen molar-refractivity contribution in [1.29, 1.82) is 5.26 Å². The number of nitriles is 1. The number of nitrogens with zero attached hydrogens (tertiary/aromatic N) is 2. The van der Waals surface area contributed by atoms with Crippen molar-refractivity contribution in [2.24, 2.45) is 0 Å². The molecule has 0 atom stereocenters. The van der Waals surface area contributed by atoms with E-state index in [2.05, 4.69) is 6.92 Å². The Hall–Kier alpha value is -2.08. The zero-order valence-corrected chi connectivity index (χ0v) is 10.8. The lowest BCUT2D eigenvalue weighted by Crippen LogP contribution is -2.03. The third-order valence-electron chi connectivity index (χ3n) is 3.43. The number of aryl methyl sites for hydroxylation is 1. The second-order valence-corrected chi connectivity index (χ2v) is 4.57. The molecule has 2 rings (SSSR count). The van der Waals surface area contributed by atoms with Crippen molar-refractivity contribution in [2.75, 3.05) is 0 Å². The molecule has 1 aromatic heterocycles. The van der Waals surface area contributed by atoms with E-state index in [9.17, 15) is 4.39 Å². The average Bonchev–Trinajstić information content (AvgIpc) is 2.60. The smallest absolute Gasteiger partial charge is 0.128 e. The van der Waals surface area contributed by atoms with Gasteiger partial charge in [-0.15, -0.1) is 0 Å². The molecular weight excluding hydrogens is 227 g/mol. The highest BCUT2D eigenvalue weighted by Crippen LogP contribution is 2.18. The molecule has 0 aliphatic rings. The van der Waals surface area contributed by atoms with Gasteiger partial charge in [-0.1, -0.05) is 0 Å². The Morgan fingerprint density at radius 3 is 2.56 bits per heavy atom. The van der Waals surface area contributed by atoms with Crippen molar-refractivity contribution >= 4 is 0 Å². The molecule has 1 heterocycles. The van der Waals surface area contributed by atoms with Crippen molar-refractivity contribution < 1.29 is 4.39 Å². The summed E-state index contributed by atoms with van der Waals surface area (Å²) < 4.78 is 15.7. The number of hydrogen-bond donors (Lipinski definition) is 0. The van der Waals surface area contributed by atoms with Crippen LogP contribution in [0.5, 0.6) is 0 Å². The van der Waals surface area contributed by atoms with E-state index in [4.69, 9.17) is 5.26 Å². The van der Waals surface area contributed by atoms with Gasteiger partial charge in [0, 0.05) is 17.5 Å². The topological polar surface area (TPSA) is 28.7 Å². The summed E-state index contributed by atoms with van der Waals surface area (Å²) in [6, 6.07) is 6.50. The molecule has 0 fully saturated rings. The van der Waals surface area contributed by atoms with Gasteiger partial charge >= 0.3 is 0 Å². The van der Waals surface area contributed by atoms with E-state index in [1.165, 1.54) is 23.3 Å². The van der Waals surface area contributed by atoms with E-state index < -0.39 is 0 Å². The molecule has 0 spiro atoms. The van der Waals surface area contributed by atoms with Gasteiger partial charge in [-0.05, 0) is 50.1 Å². The second kappa shape index (κ2) is 4.66. The van der Waals surface area contributed by atoms with Crippen molar-refractivity contribution in [2.45, 2.75) is 27.3 Å². The average molecular weight is 242 g/mol. The maximum Gasteiger partial charge on any atom is 0.128 e. The van der Waals surface area contributed by atoms with Crippen LogP contribution in [0.25, 0.3) is 0 Å². The molecule has 3 heteroatoms. The van der Waals surface area contributed by atoms with Crippen LogP contribution in [0.1, 0.15) is 27.9 Å². The summed E-state index contributed by atoms with van der Waals surface area (Å²) in [5.74, 6) is -0.266. The molecule has 0 saturated heterocycles. The summed E-state index contributed by atoms with van der Waals surface area (Å²) >= 11 is 0. The molecule has 92 valence electrons. The summed E-state index contributed by atoms with van der Waals surface area (Å²) in [6.07, 6.45) is 2.02. The van der Waals surface area contributed by atoms with Crippen LogP contribution in [0.15, 0.2) is 24.4 Å². The molecule has 1 aromatic carbocycles. The van der Waals surface area contributed by atoms with Gasteiger partial charge in [0.25, 0.3) is 0 Å². The van der Waals surface area contributed by atoms with Gasteiger partial charge in [0.05, 0.1) is 18.2 Å². The Morgan fingerprint density at radius 2 is 2.00 bits per heavy atom. The first kappa shape index (κ1) is 12.4. The fraction of sp³-hybridized carbons (Fsp3) is 0.267. The van der Waals surface area contributed by atoms with E-state index in [0.29, 0.717) is 17.7 Å². The molecule has 0 bridgehead atoms. The molecule has 0 aliphatic heterocycles. The molecule has 18 heavy (non-hydrogen) atoms. The molecule has 0 radical (unpaired) electrons. The summed E-state index contributed by atoms with van der Waals surface area (Å²) in [5.41, 5.74) is 4.60. The minimum atomic E-state index is -0.266. The molecule has 0 amide bonds. The van der Waals surface area contributed by atoms with Crippen LogP contribution in [0.3, 0.4) is 0 Å². The zero-order valence-electron chi connectivity index (χ0n) is 10.8. The van der Waals surface area contributed by atoms with Crippen LogP contribution in [-0.2, 0) is 6.54 Å². The predicted molar refractivity (Wildman–Crippen MR) is 68.9 cm³/mol. The minimum absolute atomic E-state index is 0.266. The Labute approximate surface area is 106 Å². The molecule has 0 unspecified atom stereocenters. The van der Waals surface area contributed by atoms with Gasteiger partial charge in [0.1, 0.15) is 5.82 Å². The van der Waals surface area contributed by atoms with Crippen LogP contribution in [0.4, 0.5) is 4.39 Å². The number of halogens is 1. The van der Waals surface area contributed by atoms with E-state index >= 15 is 0 Å². The maximum absolute atomic E-state index is 13.7. The monoisotopic (exact) mass is 242 g/mol. The first-order chi connectivity index (χ1) is 8.52. The standard InChI is InChI=1S/C15H15FN2/c1-10-8-18(12(3)11(10)2)9-14-6-13(7-17)4-5-15(14)16/h4-6,8H,9H2,1-3H3. The fourth-order valence-corrected chi connectivity index (χ4v) is 2.04. The predicted octanol–water partition coefficient (Wildman–Crippen LogP) is 3.47. The largest absolute Gasteiger partial charge is 0.347 e. The van der Waals surface area contributed by atoms with Crippen molar-refractivity contribution in [3.8, 4) is 6.07 Å². The number of hydrogen-bond acceptors (Lipinski definition) is 1. The number of rotatable bonds is 2. The fourth-order valence-electron chi connectivity index (χ4n) is 2.04. The maximum atomic E-state index is 13.7. The van der Waals surface area contributed by atoms with Gasteiger partial charge in [-0.3, -0.25) is 0 Å². The lowest BCUT2D eigenvalue weighted by atomic mass is 10.1. The second-order valence-electron chi connectivity index (χ2n) is 4.57. The van der Waals surface area contributed by atoms with Crippen molar-refractivity contribution in [3.63, 3.8) is 0 Å². The van der Waals surface area contributed by atoms with Crippen LogP contribution in [0.2, 0.25) is 0 Å². The lowest BCUT2D eigenvalue weighted by Gasteiger charge is -2.08. The molecular formula is C15H15FN2. The third-order valence-corrected chi connectivity index (χ3v) is 3.43. The highest BCUT2D eigenvalue weighted by molar-refractivity contribution is 5.35. The number of benzene rings is 1. The van der Waals surface area contributed by atoms with Crippen LogP contribution in [0, 0.1) is 37.9 Å².